The van der Waals surface area contributed by atoms with E-state index in [1.807, 2.05) is 0 Å². The van der Waals surface area contributed by atoms with Crippen LogP contribution in [0.3, 0.4) is 0 Å². The molecule has 0 aliphatic rings. The van der Waals surface area contributed by atoms with Crippen molar-refractivity contribution in [3.8, 4) is 0 Å². The molecule has 0 aromatic heterocycles. The second-order valence-electron chi connectivity index (χ2n) is 10.4. The van der Waals surface area contributed by atoms with Crippen molar-refractivity contribution in [3.63, 3.8) is 0 Å². The lowest BCUT2D eigenvalue weighted by atomic mass is 9.99. The largest absolute Gasteiger partial charge is 0.0654 e. The number of rotatable bonds is 26. The van der Waals surface area contributed by atoms with Gasteiger partial charge in [-0.2, -0.15) is 0 Å². The van der Waals surface area contributed by atoms with E-state index in [1.165, 1.54) is 167 Å². The Morgan fingerprint density at radius 1 is 0.333 bits per heavy atom. The average Bonchev–Trinajstić information content (AvgIpc) is 2.76. The zero-order chi connectivity index (χ0) is 22.0. The van der Waals surface area contributed by atoms with E-state index in [2.05, 4.69) is 20.8 Å². The molecule has 0 heteroatoms. The van der Waals surface area contributed by atoms with E-state index in [4.69, 9.17) is 0 Å². The molecule has 0 aliphatic heterocycles. The molecule has 0 fully saturated rings. The van der Waals surface area contributed by atoms with Crippen molar-refractivity contribution in [1.82, 2.24) is 0 Å². The molecule has 30 heavy (non-hydrogen) atoms. The van der Waals surface area contributed by atoms with Crippen LogP contribution in [0.5, 0.6) is 0 Å². The van der Waals surface area contributed by atoms with Crippen molar-refractivity contribution in [3.05, 3.63) is 0 Å². The highest BCUT2D eigenvalue weighted by atomic mass is 14.0. The van der Waals surface area contributed by atoms with Gasteiger partial charge in [0.25, 0.3) is 0 Å². The quantitative estimate of drug-likeness (QED) is 0.122. The maximum Gasteiger partial charge on any atom is -0.0445 e. The molecule has 182 valence electrons. The Labute approximate surface area is 193 Å². The Balaban J connectivity index is 3.00. The molecular weight excluding hydrogens is 360 g/mol. The molecule has 0 spiro atoms. The first-order valence-electron chi connectivity index (χ1n) is 14.8. The molecule has 0 aliphatic carbocycles. The summed E-state index contributed by atoms with van der Waals surface area (Å²) in [6.07, 6.45) is 38.4. The number of unbranched alkanes of at least 4 members (excludes halogenated alkanes) is 23. The zero-order valence-electron chi connectivity index (χ0n) is 22.0. The van der Waals surface area contributed by atoms with E-state index < -0.39 is 0 Å². The Morgan fingerprint density at radius 3 is 0.800 bits per heavy atom. The smallest absolute Gasteiger partial charge is 0.0445 e. The summed E-state index contributed by atoms with van der Waals surface area (Å²) in [6.45, 7) is 7.03. The maximum atomic E-state index is 2.40. The minimum atomic E-state index is 0.949. The van der Waals surface area contributed by atoms with Gasteiger partial charge in [0, 0.05) is 0 Å². The van der Waals surface area contributed by atoms with Gasteiger partial charge in [0.15, 0.2) is 0 Å². The lowest BCUT2D eigenvalue weighted by molar-refractivity contribution is 0.468. The molecule has 0 N–H and O–H groups in total. The van der Waals surface area contributed by atoms with Crippen LogP contribution in [0.15, 0.2) is 0 Å². The molecule has 0 saturated carbocycles. The normalized spacial score (nSPS) is 12.5. The SMILES string of the molecule is CCCCCCCCCCCCCCCCCCCCCCCCCC[C@H](C)CC. The van der Waals surface area contributed by atoms with Gasteiger partial charge < -0.3 is 0 Å². The van der Waals surface area contributed by atoms with Gasteiger partial charge in [-0.3, -0.25) is 0 Å². The summed E-state index contributed by atoms with van der Waals surface area (Å²) in [7, 11) is 0. The molecule has 0 radical (unpaired) electrons. The summed E-state index contributed by atoms with van der Waals surface area (Å²) in [5, 5.41) is 0. The van der Waals surface area contributed by atoms with Crippen molar-refractivity contribution in [2.45, 2.75) is 188 Å². The monoisotopic (exact) mass is 422 g/mol. The summed E-state index contributed by atoms with van der Waals surface area (Å²) < 4.78 is 0. The van der Waals surface area contributed by atoms with E-state index in [1.54, 1.807) is 0 Å². The van der Waals surface area contributed by atoms with Gasteiger partial charge in [0.2, 0.25) is 0 Å². The first-order valence-corrected chi connectivity index (χ1v) is 14.8. The van der Waals surface area contributed by atoms with Crippen molar-refractivity contribution < 1.29 is 0 Å². The summed E-state index contributed by atoms with van der Waals surface area (Å²) in [6, 6.07) is 0. The Hall–Kier alpha value is 0. The second-order valence-corrected chi connectivity index (χ2v) is 10.4. The summed E-state index contributed by atoms with van der Waals surface area (Å²) in [4.78, 5) is 0. The van der Waals surface area contributed by atoms with Crippen LogP contribution in [0, 0.1) is 5.92 Å². The van der Waals surface area contributed by atoms with E-state index in [0.717, 1.165) is 5.92 Å². The fourth-order valence-electron chi connectivity index (χ4n) is 4.66. The van der Waals surface area contributed by atoms with E-state index in [9.17, 15) is 0 Å². The third kappa shape index (κ3) is 26.0. The van der Waals surface area contributed by atoms with Crippen LogP contribution in [-0.2, 0) is 0 Å². The fourth-order valence-corrected chi connectivity index (χ4v) is 4.66. The Kier molecular flexibility index (Phi) is 27.0. The van der Waals surface area contributed by atoms with Crippen molar-refractivity contribution >= 4 is 0 Å². The van der Waals surface area contributed by atoms with Crippen LogP contribution >= 0.6 is 0 Å². The zero-order valence-corrected chi connectivity index (χ0v) is 22.0. The highest BCUT2D eigenvalue weighted by Crippen LogP contribution is 2.17. The second kappa shape index (κ2) is 27.0. The van der Waals surface area contributed by atoms with Gasteiger partial charge in [-0.15, -0.1) is 0 Å². The first-order chi connectivity index (χ1) is 14.8. The lowest BCUT2D eigenvalue weighted by Crippen LogP contribution is -1.91. The summed E-state index contributed by atoms with van der Waals surface area (Å²) >= 11 is 0. The molecule has 1 atom stereocenters. The molecule has 0 aromatic rings. The van der Waals surface area contributed by atoms with Gasteiger partial charge in [0.05, 0.1) is 0 Å². The number of hydrogen-bond donors (Lipinski definition) is 0. The van der Waals surface area contributed by atoms with E-state index in [-0.39, 0.29) is 0 Å². The summed E-state index contributed by atoms with van der Waals surface area (Å²) in [5.41, 5.74) is 0. The maximum absolute atomic E-state index is 2.40. The molecule has 0 rings (SSSR count). The van der Waals surface area contributed by atoms with Crippen LogP contribution in [0.4, 0.5) is 0 Å². The average molecular weight is 423 g/mol. The number of hydrogen-bond acceptors (Lipinski definition) is 0. The van der Waals surface area contributed by atoms with Gasteiger partial charge in [-0.05, 0) is 5.92 Å². The van der Waals surface area contributed by atoms with Crippen LogP contribution < -0.4 is 0 Å². The van der Waals surface area contributed by atoms with Gasteiger partial charge in [-0.25, -0.2) is 0 Å². The van der Waals surface area contributed by atoms with Gasteiger partial charge in [0.1, 0.15) is 0 Å². The minimum absolute atomic E-state index is 0.949. The van der Waals surface area contributed by atoms with Crippen LogP contribution in [-0.4, -0.2) is 0 Å². The predicted octanol–water partition coefficient (Wildman–Crippen LogP) is 11.8. The first kappa shape index (κ1) is 30.0. The highest BCUT2D eigenvalue weighted by Gasteiger charge is 1.98. The fraction of sp³-hybridized carbons (Fsp3) is 1.00. The Morgan fingerprint density at radius 2 is 0.567 bits per heavy atom. The molecule has 0 aromatic carbocycles. The standard InChI is InChI=1S/C30H62/c1-4-6-7-8-9-10-11-12-13-14-15-16-17-18-19-20-21-22-23-24-25-26-27-28-29-30(3)5-2/h30H,4-29H2,1-3H3/t30-/m1/s1. The molecule has 0 nitrogen and oxygen atoms in total. The predicted molar refractivity (Wildman–Crippen MR) is 141 cm³/mol. The molecular formula is C30H62. The van der Waals surface area contributed by atoms with Crippen LogP contribution in [0.25, 0.3) is 0 Å². The van der Waals surface area contributed by atoms with E-state index >= 15 is 0 Å². The third-order valence-electron chi connectivity index (χ3n) is 7.25. The van der Waals surface area contributed by atoms with E-state index in [0.29, 0.717) is 0 Å². The van der Waals surface area contributed by atoms with Gasteiger partial charge >= 0.3 is 0 Å². The van der Waals surface area contributed by atoms with Gasteiger partial charge in [-0.1, -0.05) is 188 Å². The van der Waals surface area contributed by atoms with Crippen molar-refractivity contribution in [1.29, 1.82) is 0 Å². The third-order valence-corrected chi connectivity index (χ3v) is 7.25. The molecule has 0 unspecified atom stereocenters. The minimum Gasteiger partial charge on any atom is -0.0654 e. The summed E-state index contributed by atoms with van der Waals surface area (Å²) in [5.74, 6) is 0.949. The van der Waals surface area contributed by atoms with Crippen molar-refractivity contribution in [2.75, 3.05) is 0 Å². The molecule has 0 heterocycles. The van der Waals surface area contributed by atoms with Crippen LogP contribution in [0.2, 0.25) is 0 Å². The van der Waals surface area contributed by atoms with Crippen molar-refractivity contribution in [2.24, 2.45) is 5.92 Å². The highest BCUT2D eigenvalue weighted by molar-refractivity contribution is 4.53. The lowest BCUT2D eigenvalue weighted by Gasteiger charge is -2.07. The Bertz CT molecular complexity index is 282. The molecule has 0 bridgehead atoms. The molecule has 0 saturated heterocycles. The topological polar surface area (TPSA) is 0 Å². The molecule has 0 amide bonds. The van der Waals surface area contributed by atoms with Crippen LogP contribution in [0.1, 0.15) is 188 Å².